The molecule has 0 aliphatic rings. The van der Waals surface area contributed by atoms with Crippen LogP contribution in [0.5, 0.6) is 0 Å². The Bertz CT molecular complexity index is 735. The standard InChI is InChI=1S/C12H10BrCl2NO2S3/c1-2-5-16(7-8-3-4-10(15)19-8)21(17,18)11-6-9(14)12(13)20-11/h2-4,6H,1,5,7H2. The molecule has 2 aromatic heterocycles. The van der Waals surface area contributed by atoms with Crippen LogP contribution in [0.25, 0.3) is 0 Å². The summed E-state index contributed by atoms with van der Waals surface area (Å²) >= 11 is 17.5. The SMILES string of the molecule is C=CCN(Cc1ccc(Cl)s1)S(=O)(=O)c1cc(Cl)c(Br)s1. The first-order valence-corrected chi connectivity index (χ1v) is 10.3. The number of sulfonamides is 1. The molecular weight excluding hydrogens is 437 g/mol. The molecule has 0 bridgehead atoms. The van der Waals surface area contributed by atoms with Gasteiger partial charge in [-0.3, -0.25) is 0 Å². The van der Waals surface area contributed by atoms with Crippen molar-refractivity contribution >= 4 is 71.8 Å². The van der Waals surface area contributed by atoms with Gasteiger partial charge in [0.15, 0.2) is 0 Å². The third-order valence-electron chi connectivity index (χ3n) is 2.51. The molecule has 0 N–H and O–H groups in total. The molecule has 0 radical (unpaired) electrons. The highest BCUT2D eigenvalue weighted by molar-refractivity contribution is 9.11. The van der Waals surface area contributed by atoms with Crippen LogP contribution in [0.4, 0.5) is 0 Å². The van der Waals surface area contributed by atoms with E-state index in [0.717, 1.165) is 16.2 Å². The van der Waals surface area contributed by atoms with E-state index in [1.165, 1.54) is 21.7 Å². The Morgan fingerprint density at radius 1 is 1.33 bits per heavy atom. The number of hydrogen-bond acceptors (Lipinski definition) is 4. The maximum Gasteiger partial charge on any atom is 0.253 e. The van der Waals surface area contributed by atoms with Crippen LogP contribution in [-0.2, 0) is 16.6 Å². The van der Waals surface area contributed by atoms with Crippen molar-refractivity contribution in [3.63, 3.8) is 0 Å². The van der Waals surface area contributed by atoms with Crippen LogP contribution in [0.2, 0.25) is 9.36 Å². The van der Waals surface area contributed by atoms with Gasteiger partial charge < -0.3 is 0 Å². The van der Waals surface area contributed by atoms with Crippen LogP contribution in [0.1, 0.15) is 4.88 Å². The monoisotopic (exact) mass is 445 g/mol. The van der Waals surface area contributed by atoms with Crippen LogP contribution in [-0.4, -0.2) is 19.3 Å². The number of nitrogens with zero attached hydrogens (tertiary/aromatic N) is 1. The topological polar surface area (TPSA) is 37.4 Å². The molecule has 0 aliphatic heterocycles. The lowest BCUT2D eigenvalue weighted by atomic mass is 10.4. The minimum absolute atomic E-state index is 0.198. The number of rotatable bonds is 6. The zero-order chi connectivity index (χ0) is 15.6. The third-order valence-corrected chi connectivity index (χ3v) is 8.46. The van der Waals surface area contributed by atoms with Gasteiger partial charge in [0.05, 0.1) is 13.1 Å². The molecule has 0 atom stereocenters. The van der Waals surface area contributed by atoms with Crippen molar-refractivity contribution in [2.75, 3.05) is 6.54 Å². The van der Waals surface area contributed by atoms with Crippen LogP contribution in [0, 0.1) is 0 Å². The first-order chi connectivity index (χ1) is 9.84. The highest BCUT2D eigenvalue weighted by Crippen LogP contribution is 2.36. The predicted octanol–water partition coefficient (Wildman–Crippen LogP) is 5.26. The summed E-state index contributed by atoms with van der Waals surface area (Å²) in [6.07, 6.45) is 1.55. The third kappa shape index (κ3) is 4.10. The summed E-state index contributed by atoms with van der Waals surface area (Å²) in [5, 5.41) is 0.385. The minimum atomic E-state index is -3.62. The van der Waals surface area contributed by atoms with Gasteiger partial charge in [-0.15, -0.1) is 29.3 Å². The number of hydrogen-bond donors (Lipinski definition) is 0. The van der Waals surface area contributed by atoms with Crippen molar-refractivity contribution in [3.8, 4) is 0 Å². The molecule has 0 unspecified atom stereocenters. The van der Waals surface area contributed by atoms with E-state index < -0.39 is 10.0 Å². The molecule has 2 rings (SSSR count). The first kappa shape index (κ1) is 17.5. The van der Waals surface area contributed by atoms with Gasteiger partial charge in [0.2, 0.25) is 0 Å². The van der Waals surface area contributed by atoms with Crippen molar-refractivity contribution < 1.29 is 8.42 Å². The van der Waals surface area contributed by atoms with Crippen molar-refractivity contribution in [3.05, 3.63) is 48.9 Å². The molecule has 0 fully saturated rings. The second-order valence-corrected chi connectivity index (χ2v) is 10.7. The zero-order valence-corrected chi connectivity index (χ0v) is 16.1. The Kier molecular flexibility index (Phi) is 5.92. The van der Waals surface area contributed by atoms with Gasteiger partial charge in [-0.1, -0.05) is 29.3 Å². The molecule has 2 heterocycles. The Hall–Kier alpha value is 0.110. The van der Waals surface area contributed by atoms with E-state index in [-0.39, 0.29) is 17.3 Å². The number of thiophene rings is 2. The van der Waals surface area contributed by atoms with Gasteiger partial charge in [0, 0.05) is 18.0 Å². The highest BCUT2D eigenvalue weighted by atomic mass is 79.9. The maximum atomic E-state index is 12.7. The molecule has 0 aliphatic carbocycles. The molecule has 0 saturated carbocycles. The van der Waals surface area contributed by atoms with E-state index in [2.05, 4.69) is 22.5 Å². The van der Waals surface area contributed by atoms with E-state index in [4.69, 9.17) is 23.2 Å². The first-order valence-electron chi connectivity index (χ1n) is 5.64. The average molecular weight is 447 g/mol. The second kappa shape index (κ2) is 7.12. The fourth-order valence-electron chi connectivity index (χ4n) is 1.58. The highest BCUT2D eigenvalue weighted by Gasteiger charge is 2.27. The minimum Gasteiger partial charge on any atom is -0.206 e. The predicted molar refractivity (Wildman–Crippen MR) is 94.2 cm³/mol. The summed E-state index contributed by atoms with van der Waals surface area (Å²) in [5.74, 6) is 0. The van der Waals surface area contributed by atoms with Crippen LogP contribution in [0.15, 0.2) is 38.8 Å². The molecule has 2 aromatic rings. The smallest absolute Gasteiger partial charge is 0.206 e. The molecule has 9 heteroatoms. The van der Waals surface area contributed by atoms with E-state index in [1.54, 1.807) is 12.1 Å². The van der Waals surface area contributed by atoms with Gasteiger partial charge in [-0.25, -0.2) is 8.42 Å². The van der Waals surface area contributed by atoms with E-state index in [0.29, 0.717) is 13.1 Å². The Balaban J connectivity index is 2.33. The van der Waals surface area contributed by atoms with Crippen molar-refractivity contribution in [2.45, 2.75) is 10.8 Å². The van der Waals surface area contributed by atoms with Crippen molar-refractivity contribution in [2.24, 2.45) is 0 Å². The van der Waals surface area contributed by atoms with E-state index in [9.17, 15) is 8.42 Å². The Labute approximate surface area is 150 Å². The van der Waals surface area contributed by atoms with E-state index in [1.807, 2.05) is 6.07 Å². The molecule has 3 nitrogen and oxygen atoms in total. The summed E-state index contributed by atoms with van der Waals surface area (Å²) in [4.78, 5) is 0.868. The van der Waals surface area contributed by atoms with Gasteiger partial charge >= 0.3 is 0 Å². The fraction of sp³-hybridized carbons (Fsp3) is 0.167. The van der Waals surface area contributed by atoms with Gasteiger partial charge in [0.25, 0.3) is 10.0 Å². The van der Waals surface area contributed by atoms with Crippen molar-refractivity contribution in [1.29, 1.82) is 0 Å². The van der Waals surface area contributed by atoms with Crippen LogP contribution in [0.3, 0.4) is 0 Å². The number of halogens is 3. The Morgan fingerprint density at radius 2 is 2.05 bits per heavy atom. The molecule has 21 heavy (non-hydrogen) atoms. The largest absolute Gasteiger partial charge is 0.253 e. The molecular formula is C12H10BrCl2NO2S3. The fourth-order valence-corrected chi connectivity index (χ4v) is 6.71. The molecule has 0 spiro atoms. The van der Waals surface area contributed by atoms with Gasteiger partial charge in [0.1, 0.15) is 4.21 Å². The lowest BCUT2D eigenvalue weighted by Crippen LogP contribution is -2.30. The normalized spacial score (nSPS) is 12.0. The zero-order valence-electron chi connectivity index (χ0n) is 10.6. The summed E-state index contributed by atoms with van der Waals surface area (Å²) in [5.41, 5.74) is 0. The van der Waals surface area contributed by atoms with Crippen LogP contribution < -0.4 is 0 Å². The molecule has 0 saturated heterocycles. The average Bonchev–Trinajstić information content (AvgIpc) is 2.96. The lowest BCUT2D eigenvalue weighted by Gasteiger charge is -2.18. The van der Waals surface area contributed by atoms with Gasteiger partial charge in [-0.2, -0.15) is 4.31 Å². The molecule has 0 amide bonds. The Morgan fingerprint density at radius 3 is 2.52 bits per heavy atom. The summed E-state index contributed by atoms with van der Waals surface area (Å²) in [7, 11) is -3.62. The molecule has 114 valence electrons. The second-order valence-electron chi connectivity index (χ2n) is 3.98. The molecule has 0 aromatic carbocycles. The lowest BCUT2D eigenvalue weighted by molar-refractivity contribution is 0.443. The van der Waals surface area contributed by atoms with Crippen molar-refractivity contribution in [1.82, 2.24) is 4.31 Å². The summed E-state index contributed by atoms with van der Waals surface area (Å²) < 4.78 is 28.1. The van der Waals surface area contributed by atoms with E-state index >= 15 is 0 Å². The summed E-state index contributed by atoms with van der Waals surface area (Å²) in [6.45, 7) is 4.08. The quantitative estimate of drug-likeness (QED) is 0.567. The maximum absolute atomic E-state index is 12.7. The summed E-state index contributed by atoms with van der Waals surface area (Å²) in [6, 6.07) is 5.01. The van der Waals surface area contributed by atoms with Crippen LogP contribution >= 0.6 is 61.8 Å². The van der Waals surface area contributed by atoms with Gasteiger partial charge in [-0.05, 0) is 34.1 Å².